The Kier molecular flexibility index (Phi) is 3.27. The molecule has 0 aliphatic carbocycles. The zero-order valence-corrected chi connectivity index (χ0v) is 11.3. The number of aryl methyl sites for hydroxylation is 1. The van der Waals surface area contributed by atoms with Gasteiger partial charge in [0.2, 0.25) is 0 Å². The predicted molar refractivity (Wildman–Crippen MR) is 65.0 cm³/mol. The summed E-state index contributed by atoms with van der Waals surface area (Å²) in [6.45, 7) is 7.23. The number of piperidine rings is 1. The van der Waals surface area contributed by atoms with Crippen molar-refractivity contribution in [2.24, 2.45) is 11.8 Å². The van der Waals surface area contributed by atoms with Gasteiger partial charge in [-0.15, -0.1) is 0 Å². The average Bonchev–Trinajstić information content (AvgIpc) is 2.69. The molecule has 2 heterocycles. The summed E-state index contributed by atoms with van der Waals surface area (Å²) in [4.78, 5) is 6.75. The highest BCUT2D eigenvalue weighted by Crippen LogP contribution is 2.26. The quantitative estimate of drug-likeness (QED) is 0.870. The molecule has 96 valence electrons. The maximum atomic E-state index is 12.3. The second kappa shape index (κ2) is 4.42. The van der Waals surface area contributed by atoms with Crippen LogP contribution in [0.25, 0.3) is 0 Å². The van der Waals surface area contributed by atoms with Crippen molar-refractivity contribution < 1.29 is 8.42 Å². The van der Waals surface area contributed by atoms with Crippen LogP contribution < -0.4 is 0 Å². The summed E-state index contributed by atoms with van der Waals surface area (Å²) >= 11 is 0. The first-order valence-corrected chi connectivity index (χ1v) is 7.37. The smallest absolute Gasteiger partial charge is 0.260 e. The highest BCUT2D eigenvalue weighted by Gasteiger charge is 2.32. The zero-order valence-electron chi connectivity index (χ0n) is 10.5. The summed E-state index contributed by atoms with van der Waals surface area (Å²) in [7, 11) is -3.38. The van der Waals surface area contributed by atoms with Crippen LogP contribution in [0.4, 0.5) is 0 Å². The number of sulfonamides is 1. The van der Waals surface area contributed by atoms with Crippen LogP contribution in [0.3, 0.4) is 0 Å². The molecule has 0 radical (unpaired) electrons. The van der Waals surface area contributed by atoms with Crippen molar-refractivity contribution in [2.75, 3.05) is 13.1 Å². The lowest BCUT2D eigenvalue weighted by molar-refractivity contribution is 0.212. The Morgan fingerprint density at radius 2 is 2.12 bits per heavy atom. The molecular formula is C11H19N3O2S. The summed E-state index contributed by atoms with van der Waals surface area (Å²) < 4.78 is 26.2. The Morgan fingerprint density at radius 1 is 1.41 bits per heavy atom. The minimum atomic E-state index is -3.38. The first kappa shape index (κ1) is 12.6. The molecule has 17 heavy (non-hydrogen) atoms. The van der Waals surface area contributed by atoms with Gasteiger partial charge in [-0.3, -0.25) is 0 Å². The number of nitrogens with zero attached hydrogens (tertiary/aromatic N) is 2. The van der Waals surface area contributed by atoms with Crippen molar-refractivity contribution in [1.82, 2.24) is 14.3 Å². The fourth-order valence-electron chi connectivity index (χ4n) is 2.11. The normalized spacial score (nSPS) is 27.2. The van der Waals surface area contributed by atoms with E-state index in [2.05, 4.69) is 23.8 Å². The van der Waals surface area contributed by atoms with E-state index in [-0.39, 0.29) is 5.03 Å². The first-order valence-electron chi connectivity index (χ1n) is 5.93. The molecule has 1 aromatic heterocycles. The van der Waals surface area contributed by atoms with Gasteiger partial charge in [0.05, 0.1) is 6.20 Å². The van der Waals surface area contributed by atoms with Gasteiger partial charge < -0.3 is 4.98 Å². The van der Waals surface area contributed by atoms with Gasteiger partial charge in [-0.1, -0.05) is 13.8 Å². The lowest BCUT2D eigenvalue weighted by Gasteiger charge is -2.33. The molecule has 1 fully saturated rings. The number of imidazole rings is 1. The van der Waals surface area contributed by atoms with E-state index in [4.69, 9.17) is 0 Å². The summed E-state index contributed by atoms with van der Waals surface area (Å²) in [5.41, 5.74) is 0. The number of hydrogen-bond acceptors (Lipinski definition) is 3. The van der Waals surface area contributed by atoms with E-state index in [0.29, 0.717) is 30.7 Å². The topological polar surface area (TPSA) is 66.1 Å². The molecule has 0 aromatic carbocycles. The molecule has 0 amide bonds. The monoisotopic (exact) mass is 257 g/mol. The summed E-state index contributed by atoms with van der Waals surface area (Å²) in [5.74, 6) is 1.62. The lowest BCUT2D eigenvalue weighted by Crippen LogP contribution is -2.42. The second-order valence-electron chi connectivity index (χ2n) is 4.94. The molecule has 6 heteroatoms. The van der Waals surface area contributed by atoms with Crippen LogP contribution in [0.5, 0.6) is 0 Å². The molecule has 1 saturated heterocycles. The molecule has 1 N–H and O–H groups in total. The molecule has 5 nitrogen and oxygen atoms in total. The Hall–Kier alpha value is -0.880. The lowest BCUT2D eigenvalue weighted by atomic mass is 9.90. The van der Waals surface area contributed by atoms with Gasteiger partial charge >= 0.3 is 0 Å². The minimum Gasteiger partial charge on any atom is -0.332 e. The Labute approximate surface area is 102 Å². The third kappa shape index (κ3) is 2.37. The number of rotatable bonds is 2. The van der Waals surface area contributed by atoms with E-state index < -0.39 is 10.0 Å². The van der Waals surface area contributed by atoms with Crippen molar-refractivity contribution in [2.45, 2.75) is 32.2 Å². The van der Waals surface area contributed by atoms with E-state index in [0.717, 1.165) is 6.42 Å². The molecule has 1 aliphatic rings. The average molecular weight is 257 g/mol. The second-order valence-corrected chi connectivity index (χ2v) is 6.85. The Morgan fingerprint density at radius 3 is 2.65 bits per heavy atom. The summed E-state index contributed by atoms with van der Waals surface area (Å²) in [5, 5.41) is 0.205. The van der Waals surface area contributed by atoms with Crippen molar-refractivity contribution in [3.8, 4) is 0 Å². The Balaban J connectivity index is 2.22. The largest absolute Gasteiger partial charge is 0.332 e. The van der Waals surface area contributed by atoms with Gasteiger partial charge in [0, 0.05) is 13.1 Å². The zero-order chi connectivity index (χ0) is 12.6. The fraction of sp³-hybridized carbons (Fsp3) is 0.727. The van der Waals surface area contributed by atoms with Crippen molar-refractivity contribution in [3.63, 3.8) is 0 Å². The molecule has 0 bridgehead atoms. The van der Waals surface area contributed by atoms with Crippen molar-refractivity contribution >= 4 is 10.0 Å². The maximum Gasteiger partial charge on any atom is 0.260 e. The molecule has 2 unspecified atom stereocenters. The highest BCUT2D eigenvalue weighted by molar-refractivity contribution is 7.89. The van der Waals surface area contributed by atoms with Crippen LogP contribution in [0.2, 0.25) is 0 Å². The van der Waals surface area contributed by atoms with E-state index in [1.165, 1.54) is 6.20 Å². The van der Waals surface area contributed by atoms with Gasteiger partial charge in [-0.2, -0.15) is 4.31 Å². The number of aromatic nitrogens is 2. The predicted octanol–water partition coefficient (Wildman–Crippen LogP) is 1.38. The number of H-pyrrole nitrogens is 1. The molecule has 2 rings (SSSR count). The van der Waals surface area contributed by atoms with Gasteiger partial charge in [-0.05, 0) is 25.2 Å². The van der Waals surface area contributed by atoms with Crippen LogP contribution in [0, 0.1) is 18.8 Å². The minimum absolute atomic E-state index is 0.205. The Bertz CT molecular complexity index is 495. The standard InChI is InChI=1S/C11H19N3O2S/c1-8-4-5-14(7-9(8)2)17(15,16)11-6-12-10(3)13-11/h6,8-9H,4-5,7H2,1-3H3,(H,12,13). The van der Waals surface area contributed by atoms with Crippen LogP contribution in [0.15, 0.2) is 11.2 Å². The molecular weight excluding hydrogens is 238 g/mol. The first-order chi connectivity index (χ1) is 7.91. The number of nitrogens with one attached hydrogen (secondary N) is 1. The third-order valence-corrected chi connectivity index (χ3v) is 5.37. The number of aromatic amines is 1. The van der Waals surface area contributed by atoms with E-state index in [1.807, 2.05) is 0 Å². The molecule has 1 aromatic rings. The van der Waals surface area contributed by atoms with Gasteiger partial charge in [-0.25, -0.2) is 13.4 Å². The van der Waals surface area contributed by atoms with Gasteiger partial charge in [0.25, 0.3) is 10.0 Å². The molecule has 2 atom stereocenters. The molecule has 0 saturated carbocycles. The number of hydrogen-bond donors (Lipinski definition) is 1. The SMILES string of the molecule is Cc1ncc(S(=O)(=O)N2CCC(C)C(C)C2)[nH]1. The third-order valence-electron chi connectivity index (χ3n) is 3.59. The van der Waals surface area contributed by atoms with Gasteiger partial charge in [0.15, 0.2) is 5.03 Å². The van der Waals surface area contributed by atoms with Crippen molar-refractivity contribution in [1.29, 1.82) is 0 Å². The van der Waals surface area contributed by atoms with Crippen LogP contribution in [0.1, 0.15) is 26.1 Å². The van der Waals surface area contributed by atoms with Crippen LogP contribution in [-0.2, 0) is 10.0 Å². The highest BCUT2D eigenvalue weighted by atomic mass is 32.2. The van der Waals surface area contributed by atoms with E-state index in [1.54, 1.807) is 11.2 Å². The van der Waals surface area contributed by atoms with Crippen LogP contribution in [-0.4, -0.2) is 35.8 Å². The molecule has 0 spiro atoms. The fourth-order valence-corrected chi connectivity index (χ4v) is 3.63. The molecule has 1 aliphatic heterocycles. The van der Waals surface area contributed by atoms with Crippen molar-refractivity contribution in [3.05, 3.63) is 12.0 Å². The van der Waals surface area contributed by atoms with Gasteiger partial charge in [0.1, 0.15) is 5.82 Å². The van der Waals surface area contributed by atoms with Crippen LogP contribution >= 0.6 is 0 Å². The summed E-state index contributed by atoms with van der Waals surface area (Å²) in [6.07, 6.45) is 2.32. The maximum absolute atomic E-state index is 12.3. The van der Waals surface area contributed by atoms with E-state index in [9.17, 15) is 8.42 Å². The van der Waals surface area contributed by atoms with E-state index >= 15 is 0 Å². The summed E-state index contributed by atoms with van der Waals surface area (Å²) in [6, 6.07) is 0.